The number of aryl methyl sites for hydroxylation is 1. The van der Waals surface area contributed by atoms with E-state index in [1.54, 1.807) is 6.92 Å². The molecule has 0 bridgehead atoms. The number of carbonyl (C=O) groups is 1. The van der Waals surface area contributed by atoms with Gasteiger partial charge in [-0.1, -0.05) is 34.1 Å². The highest BCUT2D eigenvalue weighted by atomic mass is 79.9. The Morgan fingerprint density at radius 3 is 2.78 bits per heavy atom. The molecule has 0 atom stereocenters. The zero-order valence-electron chi connectivity index (χ0n) is 10.4. The first-order chi connectivity index (χ1) is 8.72. The van der Waals surface area contributed by atoms with Crippen molar-refractivity contribution in [2.45, 2.75) is 26.2 Å². The predicted octanol–water partition coefficient (Wildman–Crippen LogP) is 2.99. The molecule has 0 radical (unpaired) electrons. The average molecular weight is 310 g/mol. The van der Waals surface area contributed by atoms with E-state index in [1.165, 1.54) is 0 Å². The molecule has 0 aliphatic rings. The number of benzene rings is 1. The second-order valence-corrected chi connectivity index (χ2v) is 4.63. The quantitative estimate of drug-likeness (QED) is 0.599. The fourth-order valence-corrected chi connectivity index (χ4v) is 2.06. The van der Waals surface area contributed by atoms with Crippen molar-refractivity contribution in [2.75, 3.05) is 11.9 Å². The summed E-state index contributed by atoms with van der Waals surface area (Å²) in [5.74, 6) is -0.286. The minimum Gasteiger partial charge on any atom is -0.466 e. The highest BCUT2D eigenvalue weighted by molar-refractivity contribution is 9.09. The van der Waals surface area contributed by atoms with Crippen molar-refractivity contribution in [3.8, 4) is 6.07 Å². The van der Waals surface area contributed by atoms with E-state index in [0.29, 0.717) is 12.2 Å². The summed E-state index contributed by atoms with van der Waals surface area (Å²) in [5.41, 5.74) is 2.37. The van der Waals surface area contributed by atoms with Gasteiger partial charge < -0.3 is 4.74 Å². The smallest absolute Gasteiger partial charge is 0.310 e. The lowest BCUT2D eigenvalue weighted by molar-refractivity contribution is -0.142. The van der Waals surface area contributed by atoms with E-state index in [1.807, 2.05) is 18.2 Å². The molecule has 0 saturated heterocycles. The maximum absolute atomic E-state index is 11.5. The number of nitrogens with zero attached hydrogens (tertiary/aromatic N) is 1. The standard InChI is InChI=1S/C14H16BrNO2/c1-2-18-14(17)9-12-6-3-5-11(7-4-8-15)13(12)10-16/h3,5-6H,2,4,7-9H2,1H3. The molecule has 1 aromatic carbocycles. The van der Waals surface area contributed by atoms with Gasteiger partial charge >= 0.3 is 5.97 Å². The number of hydrogen-bond donors (Lipinski definition) is 0. The maximum atomic E-state index is 11.5. The maximum Gasteiger partial charge on any atom is 0.310 e. The normalized spacial score (nSPS) is 9.83. The van der Waals surface area contributed by atoms with Crippen LogP contribution in [0.25, 0.3) is 0 Å². The Morgan fingerprint density at radius 1 is 1.44 bits per heavy atom. The third-order valence-electron chi connectivity index (χ3n) is 2.57. The van der Waals surface area contributed by atoms with Gasteiger partial charge in [-0.2, -0.15) is 5.26 Å². The molecule has 0 N–H and O–H groups in total. The van der Waals surface area contributed by atoms with Gasteiger partial charge in [-0.05, 0) is 30.9 Å². The Morgan fingerprint density at radius 2 is 2.17 bits per heavy atom. The lowest BCUT2D eigenvalue weighted by Crippen LogP contribution is -2.09. The van der Waals surface area contributed by atoms with E-state index in [0.717, 1.165) is 29.3 Å². The first-order valence-corrected chi connectivity index (χ1v) is 7.07. The van der Waals surface area contributed by atoms with Crippen LogP contribution in [0, 0.1) is 11.3 Å². The molecule has 0 aliphatic carbocycles. The lowest BCUT2D eigenvalue weighted by Gasteiger charge is -2.08. The monoisotopic (exact) mass is 309 g/mol. The van der Waals surface area contributed by atoms with Gasteiger partial charge in [0.1, 0.15) is 0 Å². The highest BCUT2D eigenvalue weighted by Crippen LogP contribution is 2.17. The van der Waals surface area contributed by atoms with E-state index in [-0.39, 0.29) is 12.4 Å². The molecule has 0 aromatic heterocycles. The van der Waals surface area contributed by atoms with Crippen LogP contribution in [-0.4, -0.2) is 17.9 Å². The molecule has 0 fully saturated rings. The Labute approximate surface area is 116 Å². The van der Waals surface area contributed by atoms with Crippen molar-refractivity contribution < 1.29 is 9.53 Å². The predicted molar refractivity (Wildman–Crippen MR) is 73.6 cm³/mol. The molecule has 0 amide bonds. The third-order valence-corrected chi connectivity index (χ3v) is 3.13. The van der Waals surface area contributed by atoms with E-state index < -0.39 is 0 Å². The number of hydrogen-bond acceptors (Lipinski definition) is 3. The van der Waals surface area contributed by atoms with Crippen molar-refractivity contribution in [1.82, 2.24) is 0 Å². The fraction of sp³-hybridized carbons (Fsp3) is 0.429. The van der Waals surface area contributed by atoms with Gasteiger partial charge in [0.15, 0.2) is 0 Å². The number of ether oxygens (including phenoxy) is 1. The third kappa shape index (κ3) is 4.15. The first-order valence-electron chi connectivity index (χ1n) is 5.95. The summed E-state index contributed by atoms with van der Waals surface area (Å²) in [6.45, 7) is 2.14. The molecule has 0 spiro atoms. The fourth-order valence-electron chi connectivity index (χ4n) is 1.78. The summed E-state index contributed by atoms with van der Waals surface area (Å²) < 4.78 is 4.91. The second kappa shape index (κ2) is 7.88. The van der Waals surface area contributed by atoms with Crippen LogP contribution in [0.4, 0.5) is 0 Å². The van der Waals surface area contributed by atoms with Crippen LogP contribution in [0.1, 0.15) is 30.0 Å². The van der Waals surface area contributed by atoms with Crippen LogP contribution in [0.15, 0.2) is 18.2 Å². The molecule has 4 heteroatoms. The summed E-state index contributed by atoms with van der Waals surface area (Å²) in [7, 11) is 0. The summed E-state index contributed by atoms with van der Waals surface area (Å²) in [4.78, 5) is 11.5. The topological polar surface area (TPSA) is 50.1 Å². The number of esters is 1. The molecule has 96 valence electrons. The van der Waals surface area contributed by atoms with Crippen LogP contribution in [0.3, 0.4) is 0 Å². The Hall–Kier alpha value is -1.34. The van der Waals surface area contributed by atoms with Gasteiger partial charge in [0, 0.05) is 5.33 Å². The number of halogens is 1. The van der Waals surface area contributed by atoms with Crippen LogP contribution in [0.5, 0.6) is 0 Å². The zero-order chi connectivity index (χ0) is 13.4. The highest BCUT2D eigenvalue weighted by Gasteiger charge is 2.11. The first kappa shape index (κ1) is 14.7. The zero-order valence-corrected chi connectivity index (χ0v) is 12.0. The molecule has 1 aromatic rings. The molecule has 0 unspecified atom stereocenters. The van der Waals surface area contributed by atoms with Crippen molar-refractivity contribution in [3.05, 3.63) is 34.9 Å². The average Bonchev–Trinajstić information content (AvgIpc) is 2.36. The van der Waals surface area contributed by atoms with E-state index >= 15 is 0 Å². The van der Waals surface area contributed by atoms with Crippen LogP contribution in [0.2, 0.25) is 0 Å². The van der Waals surface area contributed by atoms with Gasteiger partial charge in [-0.15, -0.1) is 0 Å². The second-order valence-electron chi connectivity index (χ2n) is 3.84. The van der Waals surface area contributed by atoms with Gasteiger partial charge in [0.25, 0.3) is 0 Å². The molecule has 0 heterocycles. The Bertz CT molecular complexity index is 452. The minimum absolute atomic E-state index is 0.166. The number of alkyl halides is 1. The minimum atomic E-state index is -0.286. The van der Waals surface area contributed by atoms with Crippen molar-refractivity contribution >= 4 is 21.9 Å². The van der Waals surface area contributed by atoms with Gasteiger partial charge in [0.2, 0.25) is 0 Å². The van der Waals surface area contributed by atoms with E-state index in [2.05, 4.69) is 22.0 Å². The number of carbonyl (C=O) groups excluding carboxylic acids is 1. The number of nitriles is 1. The summed E-state index contributed by atoms with van der Waals surface area (Å²) >= 11 is 3.38. The van der Waals surface area contributed by atoms with Gasteiger partial charge in [-0.25, -0.2) is 0 Å². The Balaban J connectivity index is 2.91. The molecule has 0 saturated carbocycles. The summed E-state index contributed by atoms with van der Waals surface area (Å²) in [6, 6.07) is 7.84. The van der Waals surface area contributed by atoms with Crippen LogP contribution < -0.4 is 0 Å². The van der Waals surface area contributed by atoms with Gasteiger partial charge in [-0.3, -0.25) is 4.79 Å². The Kier molecular flexibility index (Phi) is 6.45. The molecule has 3 nitrogen and oxygen atoms in total. The molecular formula is C14H16BrNO2. The summed E-state index contributed by atoms with van der Waals surface area (Å²) in [6.07, 6.45) is 1.97. The van der Waals surface area contributed by atoms with Crippen LogP contribution >= 0.6 is 15.9 Å². The lowest BCUT2D eigenvalue weighted by atomic mass is 9.97. The van der Waals surface area contributed by atoms with E-state index in [4.69, 9.17) is 4.74 Å². The van der Waals surface area contributed by atoms with Crippen molar-refractivity contribution in [2.24, 2.45) is 0 Å². The van der Waals surface area contributed by atoms with E-state index in [9.17, 15) is 10.1 Å². The summed E-state index contributed by atoms with van der Waals surface area (Å²) in [5, 5.41) is 10.1. The van der Waals surface area contributed by atoms with Crippen molar-refractivity contribution in [3.63, 3.8) is 0 Å². The molecular weight excluding hydrogens is 294 g/mol. The molecule has 0 aliphatic heterocycles. The number of rotatable bonds is 6. The van der Waals surface area contributed by atoms with Crippen LogP contribution in [-0.2, 0) is 22.4 Å². The largest absolute Gasteiger partial charge is 0.466 e. The van der Waals surface area contributed by atoms with Gasteiger partial charge in [0.05, 0.1) is 24.7 Å². The SMILES string of the molecule is CCOC(=O)Cc1cccc(CCCBr)c1C#N. The molecule has 1 rings (SSSR count). The molecule has 18 heavy (non-hydrogen) atoms. The van der Waals surface area contributed by atoms with Crippen molar-refractivity contribution in [1.29, 1.82) is 5.26 Å².